The molecule has 0 unspecified atom stereocenters. The zero-order chi connectivity index (χ0) is 30.1. The zero-order valence-electron chi connectivity index (χ0n) is 24.9. The Morgan fingerprint density at radius 3 is 2.49 bits per heavy atom. The molecule has 0 N–H and O–H groups in total. The molecule has 3 aromatic carbocycles. The van der Waals surface area contributed by atoms with E-state index in [1.54, 1.807) is 23.6 Å². The molecular formula is C32H33N7O3S. The van der Waals surface area contributed by atoms with E-state index in [4.69, 9.17) is 24.5 Å². The average Bonchev–Trinajstić information content (AvgIpc) is 3.59. The Balaban J connectivity index is 1.36. The minimum absolute atomic E-state index is 0.0109. The smallest absolute Gasteiger partial charge is 0.237 e. The maximum Gasteiger partial charge on any atom is 0.237 e. The molecule has 0 bridgehead atoms. The molecule has 0 aliphatic heterocycles. The molecule has 0 saturated heterocycles. The molecule has 1 amide bonds. The van der Waals surface area contributed by atoms with Gasteiger partial charge in [0.25, 0.3) is 0 Å². The van der Waals surface area contributed by atoms with Gasteiger partial charge in [0, 0.05) is 36.7 Å². The van der Waals surface area contributed by atoms with Crippen molar-refractivity contribution in [1.29, 1.82) is 0 Å². The summed E-state index contributed by atoms with van der Waals surface area (Å²) in [7, 11) is 3.20. The molecule has 6 rings (SSSR count). The summed E-state index contributed by atoms with van der Waals surface area (Å²) >= 11 is 1.34. The number of thioether (sulfide) groups is 1. The highest BCUT2D eigenvalue weighted by atomic mass is 32.2. The number of benzene rings is 3. The fraction of sp³-hybridized carbons (Fsp3) is 0.281. The number of methoxy groups -OCH3 is 2. The van der Waals surface area contributed by atoms with Gasteiger partial charge in [0.2, 0.25) is 5.91 Å². The fourth-order valence-electron chi connectivity index (χ4n) is 5.35. The molecule has 0 saturated carbocycles. The molecule has 0 aliphatic rings. The number of amides is 1. The van der Waals surface area contributed by atoms with Crippen molar-refractivity contribution >= 4 is 50.9 Å². The summed E-state index contributed by atoms with van der Waals surface area (Å²) in [6.07, 6.45) is 0.595. The Bertz CT molecular complexity index is 1970. The van der Waals surface area contributed by atoms with Gasteiger partial charge in [0.05, 0.1) is 36.5 Å². The van der Waals surface area contributed by atoms with Gasteiger partial charge in [0.1, 0.15) is 5.82 Å². The van der Waals surface area contributed by atoms with Crippen LogP contribution < -0.4 is 14.4 Å². The molecule has 0 fully saturated rings. The maximum atomic E-state index is 13.4. The first kappa shape index (κ1) is 28.5. The summed E-state index contributed by atoms with van der Waals surface area (Å²) in [5, 5.41) is 6.23. The summed E-state index contributed by atoms with van der Waals surface area (Å²) in [5.74, 6) is 2.94. The average molecular weight is 596 g/mol. The number of aryl methyl sites for hydroxylation is 4. The Labute approximate surface area is 253 Å². The van der Waals surface area contributed by atoms with Crippen molar-refractivity contribution in [2.45, 2.75) is 38.9 Å². The number of carbonyl (C=O) groups excluding carboxylic acids is 1. The standard InChI is InChI=1S/C32H33N7O3S/c1-6-37(22-11-9-10-20(2)16-22)30(40)19-43-32-34-25-18-28(42-5)27(41-4)17-23(25)31-35-29(36-39(31)32)14-15-38-21(3)33-24-12-7-8-13-26(24)38/h7-13,16-18H,6,14-15,19H2,1-5H3. The predicted molar refractivity (Wildman–Crippen MR) is 169 cm³/mol. The van der Waals surface area contributed by atoms with Gasteiger partial charge in [-0.15, -0.1) is 5.10 Å². The first-order valence-electron chi connectivity index (χ1n) is 14.1. The van der Waals surface area contributed by atoms with E-state index in [1.165, 1.54) is 11.8 Å². The van der Waals surface area contributed by atoms with E-state index in [0.29, 0.717) is 53.2 Å². The summed E-state index contributed by atoms with van der Waals surface area (Å²) in [5.41, 5.74) is 5.36. The van der Waals surface area contributed by atoms with Crippen molar-refractivity contribution in [2.75, 3.05) is 31.4 Å². The summed E-state index contributed by atoms with van der Waals surface area (Å²) < 4.78 is 15.0. The van der Waals surface area contributed by atoms with Gasteiger partial charge in [-0.05, 0) is 56.7 Å². The molecule has 0 radical (unpaired) electrons. The third-order valence-electron chi connectivity index (χ3n) is 7.45. The van der Waals surface area contributed by atoms with Crippen LogP contribution in [0.15, 0.2) is 65.8 Å². The molecule has 220 valence electrons. The monoisotopic (exact) mass is 595 g/mol. The van der Waals surface area contributed by atoms with Crippen molar-refractivity contribution in [3.63, 3.8) is 0 Å². The number of rotatable bonds is 10. The Kier molecular flexibility index (Phi) is 7.90. The number of hydrogen-bond donors (Lipinski definition) is 0. The van der Waals surface area contributed by atoms with Crippen molar-refractivity contribution in [3.8, 4) is 11.5 Å². The number of para-hydroxylation sites is 2. The fourth-order valence-corrected chi connectivity index (χ4v) is 6.17. The van der Waals surface area contributed by atoms with E-state index >= 15 is 0 Å². The van der Waals surface area contributed by atoms with Gasteiger partial charge in [-0.2, -0.15) is 4.52 Å². The number of anilines is 1. The van der Waals surface area contributed by atoms with E-state index in [0.717, 1.165) is 33.5 Å². The van der Waals surface area contributed by atoms with Gasteiger partial charge in [-0.1, -0.05) is 36.0 Å². The largest absolute Gasteiger partial charge is 0.493 e. The second-order valence-corrected chi connectivity index (χ2v) is 11.1. The van der Waals surface area contributed by atoms with E-state index in [9.17, 15) is 4.79 Å². The van der Waals surface area contributed by atoms with Crippen molar-refractivity contribution in [1.82, 2.24) is 29.1 Å². The molecular weight excluding hydrogens is 562 g/mol. The maximum absolute atomic E-state index is 13.4. The number of carbonyl (C=O) groups is 1. The van der Waals surface area contributed by atoms with Crippen molar-refractivity contribution < 1.29 is 14.3 Å². The van der Waals surface area contributed by atoms with E-state index in [-0.39, 0.29) is 11.7 Å². The van der Waals surface area contributed by atoms with Gasteiger partial charge in [-0.3, -0.25) is 4.79 Å². The van der Waals surface area contributed by atoms with Gasteiger partial charge >= 0.3 is 0 Å². The van der Waals surface area contributed by atoms with Crippen LogP contribution in [0.2, 0.25) is 0 Å². The molecule has 11 heteroatoms. The number of ether oxygens (including phenoxy) is 2. The molecule has 43 heavy (non-hydrogen) atoms. The van der Waals surface area contributed by atoms with Crippen LogP contribution in [-0.4, -0.2) is 61.6 Å². The quantitative estimate of drug-likeness (QED) is 0.148. The Morgan fingerprint density at radius 1 is 0.930 bits per heavy atom. The van der Waals surface area contributed by atoms with Crippen molar-refractivity contribution in [3.05, 3.63) is 77.9 Å². The lowest BCUT2D eigenvalue weighted by Crippen LogP contribution is -2.32. The molecule has 3 heterocycles. The second kappa shape index (κ2) is 11.9. The minimum atomic E-state index is -0.0109. The number of nitrogens with zero attached hydrogens (tertiary/aromatic N) is 7. The lowest BCUT2D eigenvalue weighted by Gasteiger charge is -2.21. The molecule has 3 aromatic heterocycles. The lowest BCUT2D eigenvalue weighted by atomic mass is 10.2. The van der Waals surface area contributed by atoms with Gasteiger partial charge in [-0.25, -0.2) is 15.0 Å². The van der Waals surface area contributed by atoms with Gasteiger partial charge in [0.15, 0.2) is 28.1 Å². The van der Waals surface area contributed by atoms with Crippen LogP contribution in [0, 0.1) is 13.8 Å². The number of imidazole rings is 1. The molecule has 0 aliphatic carbocycles. The highest BCUT2D eigenvalue weighted by molar-refractivity contribution is 7.99. The Hall–Kier alpha value is -4.64. The lowest BCUT2D eigenvalue weighted by molar-refractivity contribution is -0.116. The topological polar surface area (TPSA) is 99.7 Å². The van der Waals surface area contributed by atoms with Crippen LogP contribution >= 0.6 is 11.8 Å². The minimum Gasteiger partial charge on any atom is -0.493 e. The Morgan fingerprint density at radius 2 is 1.72 bits per heavy atom. The molecule has 0 spiro atoms. The zero-order valence-corrected chi connectivity index (χ0v) is 25.7. The van der Waals surface area contributed by atoms with Crippen LogP contribution in [0.3, 0.4) is 0 Å². The number of fused-ring (bicyclic) bond motifs is 4. The van der Waals surface area contributed by atoms with Crippen LogP contribution in [0.1, 0.15) is 24.1 Å². The SMILES string of the molecule is CCN(C(=O)CSc1nc2cc(OC)c(OC)cc2c2nc(CCn3c(C)nc4ccccc43)nn12)c1cccc(C)c1. The van der Waals surface area contributed by atoms with Gasteiger partial charge < -0.3 is 18.9 Å². The first-order valence-corrected chi connectivity index (χ1v) is 15.1. The van der Waals surface area contributed by atoms with Crippen LogP contribution in [-0.2, 0) is 17.8 Å². The number of aromatic nitrogens is 6. The normalized spacial score (nSPS) is 11.5. The van der Waals surface area contributed by atoms with Crippen molar-refractivity contribution in [2.24, 2.45) is 0 Å². The number of hydrogen-bond acceptors (Lipinski definition) is 8. The highest BCUT2D eigenvalue weighted by Crippen LogP contribution is 2.34. The second-order valence-electron chi connectivity index (χ2n) is 10.2. The third-order valence-corrected chi connectivity index (χ3v) is 8.36. The molecule has 10 nitrogen and oxygen atoms in total. The van der Waals surface area contributed by atoms with Crippen LogP contribution in [0.25, 0.3) is 27.6 Å². The first-order chi connectivity index (χ1) is 20.9. The predicted octanol–water partition coefficient (Wildman–Crippen LogP) is 5.65. The van der Waals surface area contributed by atoms with E-state index in [2.05, 4.69) is 15.6 Å². The summed E-state index contributed by atoms with van der Waals surface area (Å²) in [6, 6.07) is 19.8. The van der Waals surface area contributed by atoms with E-state index < -0.39 is 0 Å². The third kappa shape index (κ3) is 5.48. The molecule has 0 atom stereocenters. The molecule has 6 aromatic rings. The summed E-state index contributed by atoms with van der Waals surface area (Å²) in [6.45, 7) is 7.25. The highest BCUT2D eigenvalue weighted by Gasteiger charge is 2.20. The summed E-state index contributed by atoms with van der Waals surface area (Å²) in [4.78, 5) is 29.7. The van der Waals surface area contributed by atoms with Crippen LogP contribution in [0.4, 0.5) is 5.69 Å². The van der Waals surface area contributed by atoms with E-state index in [1.807, 2.05) is 75.4 Å². The van der Waals surface area contributed by atoms with Crippen LogP contribution in [0.5, 0.6) is 11.5 Å².